The smallest absolute Gasteiger partial charge is 0.254 e. The molecule has 1 saturated heterocycles. The molecule has 6 nitrogen and oxygen atoms in total. The molecular weight excluding hydrogens is 396 g/mol. The van der Waals surface area contributed by atoms with Crippen LogP contribution in [0.5, 0.6) is 0 Å². The zero-order valence-electron chi connectivity index (χ0n) is 16.5. The number of thioether (sulfide) groups is 1. The number of anilines is 1. The van der Waals surface area contributed by atoms with E-state index in [2.05, 4.69) is 14.9 Å². The molecular formula is C23H22N4O2S. The maximum Gasteiger partial charge on any atom is 0.254 e. The number of carbonyl (C=O) groups is 2. The molecule has 2 aromatic carbocycles. The van der Waals surface area contributed by atoms with E-state index in [1.807, 2.05) is 59.5 Å². The van der Waals surface area contributed by atoms with Crippen molar-refractivity contribution in [2.45, 2.75) is 4.90 Å². The third-order valence-corrected chi connectivity index (χ3v) is 5.94. The molecule has 1 aliphatic rings. The van der Waals surface area contributed by atoms with E-state index in [-0.39, 0.29) is 11.7 Å². The highest BCUT2D eigenvalue weighted by Gasteiger charge is 2.23. The van der Waals surface area contributed by atoms with Crippen LogP contribution in [0.4, 0.5) is 5.95 Å². The van der Waals surface area contributed by atoms with Crippen LogP contribution in [-0.4, -0.2) is 58.5 Å². The Kier molecular flexibility index (Phi) is 6.39. The van der Waals surface area contributed by atoms with E-state index in [9.17, 15) is 9.59 Å². The third-order valence-electron chi connectivity index (χ3n) is 4.95. The second-order valence-electron chi connectivity index (χ2n) is 6.93. The van der Waals surface area contributed by atoms with E-state index in [0.29, 0.717) is 49.0 Å². The molecule has 1 fully saturated rings. The predicted octanol–water partition coefficient (Wildman–Crippen LogP) is 3.41. The lowest BCUT2D eigenvalue weighted by atomic mass is 10.2. The molecule has 0 saturated carbocycles. The topological polar surface area (TPSA) is 66.4 Å². The summed E-state index contributed by atoms with van der Waals surface area (Å²) in [5.74, 6) is 1.14. The van der Waals surface area contributed by atoms with Crippen LogP contribution in [-0.2, 0) is 0 Å². The second kappa shape index (κ2) is 9.54. The number of aromatic nitrogens is 2. The van der Waals surface area contributed by atoms with Crippen LogP contribution in [0.15, 0.2) is 78.0 Å². The lowest BCUT2D eigenvalue weighted by Gasteiger charge is -2.34. The first-order valence-electron chi connectivity index (χ1n) is 9.83. The molecule has 4 rings (SSSR count). The van der Waals surface area contributed by atoms with Crippen LogP contribution in [0, 0.1) is 0 Å². The fourth-order valence-electron chi connectivity index (χ4n) is 3.32. The van der Waals surface area contributed by atoms with Crippen LogP contribution in [0.2, 0.25) is 0 Å². The van der Waals surface area contributed by atoms with Gasteiger partial charge in [-0.3, -0.25) is 9.59 Å². The van der Waals surface area contributed by atoms with Gasteiger partial charge in [0.05, 0.1) is 5.75 Å². The summed E-state index contributed by atoms with van der Waals surface area (Å²) < 4.78 is 0. The molecule has 0 N–H and O–H groups in total. The van der Waals surface area contributed by atoms with Crippen molar-refractivity contribution in [2.75, 3.05) is 36.8 Å². The van der Waals surface area contributed by atoms with E-state index in [4.69, 9.17) is 0 Å². The summed E-state index contributed by atoms with van der Waals surface area (Å²) in [6, 6.07) is 18.6. The van der Waals surface area contributed by atoms with Gasteiger partial charge in [-0.1, -0.05) is 36.4 Å². The first kappa shape index (κ1) is 20.1. The Morgan fingerprint density at radius 2 is 1.53 bits per heavy atom. The van der Waals surface area contributed by atoms with Gasteiger partial charge in [-0.05, 0) is 24.3 Å². The lowest BCUT2D eigenvalue weighted by Crippen LogP contribution is -2.49. The number of hydrogen-bond acceptors (Lipinski definition) is 6. The normalized spacial score (nSPS) is 13.9. The maximum atomic E-state index is 13.0. The van der Waals surface area contributed by atoms with Gasteiger partial charge in [0.15, 0.2) is 5.78 Å². The van der Waals surface area contributed by atoms with E-state index in [1.54, 1.807) is 18.5 Å². The van der Waals surface area contributed by atoms with Crippen LogP contribution < -0.4 is 4.90 Å². The average Bonchev–Trinajstić information content (AvgIpc) is 2.83. The minimum absolute atomic E-state index is 0.0143. The molecule has 152 valence electrons. The van der Waals surface area contributed by atoms with Crippen molar-refractivity contribution in [3.05, 3.63) is 84.2 Å². The van der Waals surface area contributed by atoms with Crippen LogP contribution in [0.3, 0.4) is 0 Å². The Bertz CT molecular complexity index is 1010. The minimum atomic E-state index is 0.0143. The Morgan fingerprint density at radius 3 is 2.27 bits per heavy atom. The Morgan fingerprint density at radius 1 is 0.833 bits per heavy atom. The monoisotopic (exact) mass is 418 g/mol. The Hall–Kier alpha value is -3.19. The summed E-state index contributed by atoms with van der Waals surface area (Å²) in [4.78, 5) is 38.7. The molecule has 0 radical (unpaired) electrons. The van der Waals surface area contributed by atoms with Gasteiger partial charge in [-0.25, -0.2) is 9.97 Å². The number of rotatable bonds is 6. The standard InChI is InChI=1S/C23H22N4O2S/c28-21(18-6-2-1-3-7-18)17-30-20-9-4-8-19(16-20)22(29)26-12-14-27(15-13-26)23-24-10-5-11-25-23/h1-11,16H,12-15,17H2. The molecule has 1 amide bonds. The van der Waals surface area contributed by atoms with Gasteiger partial charge < -0.3 is 9.80 Å². The number of amides is 1. The number of hydrogen-bond donors (Lipinski definition) is 0. The van der Waals surface area contributed by atoms with E-state index in [1.165, 1.54) is 11.8 Å². The van der Waals surface area contributed by atoms with Crippen molar-refractivity contribution in [2.24, 2.45) is 0 Å². The predicted molar refractivity (Wildman–Crippen MR) is 118 cm³/mol. The minimum Gasteiger partial charge on any atom is -0.337 e. The van der Waals surface area contributed by atoms with Crippen molar-refractivity contribution in [1.82, 2.24) is 14.9 Å². The molecule has 1 aliphatic heterocycles. The zero-order valence-corrected chi connectivity index (χ0v) is 17.3. The zero-order chi connectivity index (χ0) is 20.8. The molecule has 0 spiro atoms. The lowest BCUT2D eigenvalue weighted by molar-refractivity contribution is 0.0746. The van der Waals surface area contributed by atoms with Gasteiger partial charge in [-0.15, -0.1) is 11.8 Å². The van der Waals surface area contributed by atoms with E-state index >= 15 is 0 Å². The quantitative estimate of drug-likeness (QED) is 0.451. The molecule has 0 bridgehead atoms. The van der Waals surface area contributed by atoms with Gasteiger partial charge in [0, 0.05) is 54.6 Å². The summed E-state index contributed by atoms with van der Waals surface area (Å²) in [5.41, 5.74) is 1.36. The third kappa shape index (κ3) is 4.86. The van der Waals surface area contributed by atoms with Gasteiger partial charge in [0.2, 0.25) is 5.95 Å². The molecule has 2 heterocycles. The summed E-state index contributed by atoms with van der Waals surface area (Å²) >= 11 is 1.45. The Balaban J connectivity index is 1.34. The highest BCUT2D eigenvalue weighted by Crippen LogP contribution is 2.22. The van der Waals surface area contributed by atoms with Gasteiger partial charge in [0.25, 0.3) is 5.91 Å². The molecule has 0 aliphatic carbocycles. The highest BCUT2D eigenvalue weighted by atomic mass is 32.2. The van der Waals surface area contributed by atoms with Crippen LogP contribution >= 0.6 is 11.8 Å². The summed E-state index contributed by atoms with van der Waals surface area (Å²) in [6.45, 7) is 2.66. The largest absolute Gasteiger partial charge is 0.337 e. The van der Waals surface area contributed by atoms with Crippen LogP contribution in [0.25, 0.3) is 0 Å². The van der Waals surface area contributed by atoms with Crippen molar-refractivity contribution >= 4 is 29.4 Å². The van der Waals surface area contributed by atoms with Crippen molar-refractivity contribution in [3.63, 3.8) is 0 Å². The van der Waals surface area contributed by atoms with Gasteiger partial charge in [-0.2, -0.15) is 0 Å². The SMILES string of the molecule is O=C(CSc1cccc(C(=O)N2CCN(c3ncccn3)CC2)c1)c1ccccc1. The number of piperazine rings is 1. The molecule has 3 aromatic rings. The number of Topliss-reactive ketones (excluding diaryl/α,β-unsaturated/α-hetero) is 1. The number of ketones is 1. The van der Waals surface area contributed by atoms with Crippen molar-refractivity contribution in [1.29, 1.82) is 0 Å². The average molecular weight is 419 g/mol. The number of carbonyl (C=O) groups excluding carboxylic acids is 2. The van der Waals surface area contributed by atoms with Crippen molar-refractivity contribution in [3.8, 4) is 0 Å². The molecule has 0 atom stereocenters. The summed E-state index contributed by atoms with van der Waals surface area (Å²) in [6.07, 6.45) is 3.46. The fourth-order valence-corrected chi connectivity index (χ4v) is 4.17. The summed E-state index contributed by atoms with van der Waals surface area (Å²) in [7, 11) is 0. The first-order chi connectivity index (χ1) is 14.7. The fraction of sp³-hybridized carbons (Fsp3) is 0.217. The van der Waals surface area contributed by atoms with E-state index < -0.39 is 0 Å². The molecule has 1 aromatic heterocycles. The number of benzene rings is 2. The van der Waals surface area contributed by atoms with Crippen LogP contribution in [0.1, 0.15) is 20.7 Å². The maximum absolute atomic E-state index is 13.0. The number of nitrogens with zero attached hydrogens (tertiary/aromatic N) is 4. The molecule has 7 heteroatoms. The van der Waals surface area contributed by atoms with Gasteiger partial charge in [0.1, 0.15) is 0 Å². The van der Waals surface area contributed by atoms with E-state index in [0.717, 1.165) is 4.90 Å². The molecule has 0 unspecified atom stereocenters. The van der Waals surface area contributed by atoms with Crippen molar-refractivity contribution < 1.29 is 9.59 Å². The highest BCUT2D eigenvalue weighted by molar-refractivity contribution is 8.00. The Labute approximate surface area is 179 Å². The molecule has 30 heavy (non-hydrogen) atoms. The summed E-state index contributed by atoms with van der Waals surface area (Å²) in [5, 5.41) is 0. The first-order valence-corrected chi connectivity index (χ1v) is 10.8. The second-order valence-corrected chi connectivity index (χ2v) is 7.98. The van der Waals surface area contributed by atoms with Gasteiger partial charge >= 0.3 is 0 Å².